The fourth-order valence-electron chi connectivity index (χ4n) is 5.46. The third-order valence-corrected chi connectivity index (χ3v) is 10.0. The highest BCUT2D eigenvalue weighted by molar-refractivity contribution is 7.89. The monoisotopic (exact) mass is 563 g/mol. The molecule has 1 N–H and O–H groups in total. The molecule has 2 fully saturated rings. The molecule has 6 rings (SSSR count). The SMILES string of the molecule is COc1cncnc1-c1ccc2nc(Cc3cc(CN4CCN(S(=O)(=O)C5CCOCC5)CC4)ccn3)[nH]c2c1. The molecule has 4 aromatic rings. The number of hydrogen-bond donors (Lipinski definition) is 1. The molecule has 0 atom stereocenters. The highest BCUT2D eigenvalue weighted by Gasteiger charge is 2.35. The second-order valence-corrected chi connectivity index (χ2v) is 12.4. The van der Waals surface area contributed by atoms with Crippen molar-refractivity contribution in [3.8, 4) is 17.0 Å². The topological polar surface area (TPSA) is 126 Å². The minimum atomic E-state index is -3.26. The Kier molecular flexibility index (Phi) is 7.74. The number of hydrogen-bond acceptors (Lipinski definition) is 9. The normalized spacial score (nSPS) is 17.8. The molecule has 2 saturated heterocycles. The van der Waals surface area contributed by atoms with Crippen LogP contribution in [0.15, 0.2) is 49.1 Å². The van der Waals surface area contributed by atoms with Gasteiger partial charge in [0.2, 0.25) is 10.0 Å². The lowest BCUT2D eigenvalue weighted by Crippen LogP contribution is -2.51. The number of aromatic amines is 1. The van der Waals surface area contributed by atoms with Gasteiger partial charge in [-0.25, -0.2) is 23.4 Å². The largest absolute Gasteiger partial charge is 0.493 e. The molecule has 11 nitrogen and oxygen atoms in total. The summed E-state index contributed by atoms with van der Waals surface area (Å²) in [4.78, 5) is 23.5. The van der Waals surface area contributed by atoms with Gasteiger partial charge < -0.3 is 14.5 Å². The van der Waals surface area contributed by atoms with Crippen LogP contribution in [0, 0.1) is 0 Å². The molecule has 210 valence electrons. The zero-order chi connectivity index (χ0) is 27.5. The van der Waals surface area contributed by atoms with Crippen LogP contribution >= 0.6 is 0 Å². The van der Waals surface area contributed by atoms with Crippen LogP contribution in [-0.2, 0) is 27.7 Å². The number of pyridine rings is 1. The summed E-state index contributed by atoms with van der Waals surface area (Å²) in [5.74, 6) is 1.45. The quantitative estimate of drug-likeness (QED) is 0.344. The first-order valence-corrected chi connectivity index (χ1v) is 15.1. The van der Waals surface area contributed by atoms with Gasteiger partial charge in [0.1, 0.15) is 17.8 Å². The van der Waals surface area contributed by atoms with E-state index < -0.39 is 10.0 Å². The number of aromatic nitrogens is 5. The summed E-state index contributed by atoms with van der Waals surface area (Å²) in [6.45, 7) is 4.29. The van der Waals surface area contributed by atoms with Crippen LogP contribution in [0.25, 0.3) is 22.3 Å². The van der Waals surface area contributed by atoms with Crippen molar-refractivity contribution in [3.05, 3.63) is 66.1 Å². The summed E-state index contributed by atoms with van der Waals surface area (Å²) in [6.07, 6.45) is 6.74. The number of piperazine rings is 1. The van der Waals surface area contributed by atoms with E-state index in [4.69, 9.17) is 14.5 Å². The summed E-state index contributed by atoms with van der Waals surface area (Å²) in [5, 5.41) is -0.310. The van der Waals surface area contributed by atoms with E-state index >= 15 is 0 Å². The molecule has 12 heteroatoms. The first-order chi connectivity index (χ1) is 19.5. The molecule has 0 radical (unpaired) electrons. The van der Waals surface area contributed by atoms with E-state index in [0.29, 0.717) is 64.4 Å². The van der Waals surface area contributed by atoms with Crippen LogP contribution in [0.2, 0.25) is 0 Å². The molecule has 3 aromatic heterocycles. The fourth-order valence-corrected chi connectivity index (χ4v) is 7.34. The van der Waals surface area contributed by atoms with Gasteiger partial charge in [0.05, 0.1) is 29.6 Å². The summed E-state index contributed by atoms with van der Waals surface area (Å²) in [7, 11) is -1.66. The second kappa shape index (κ2) is 11.6. The van der Waals surface area contributed by atoms with Gasteiger partial charge in [-0.3, -0.25) is 9.88 Å². The van der Waals surface area contributed by atoms with Crippen molar-refractivity contribution in [2.24, 2.45) is 0 Å². The van der Waals surface area contributed by atoms with Gasteiger partial charge in [-0.05, 0) is 42.7 Å². The first kappa shape index (κ1) is 26.8. The maximum atomic E-state index is 13.0. The van der Waals surface area contributed by atoms with E-state index in [0.717, 1.165) is 45.9 Å². The van der Waals surface area contributed by atoms with Gasteiger partial charge in [-0.2, -0.15) is 4.31 Å². The third-order valence-electron chi connectivity index (χ3n) is 7.62. The molecule has 0 amide bonds. The highest BCUT2D eigenvalue weighted by atomic mass is 32.2. The number of sulfonamides is 1. The molecule has 0 unspecified atom stereocenters. The van der Waals surface area contributed by atoms with Crippen molar-refractivity contribution in [1.29, 1.82) is 0 Å². The molecule has 2 aliphatic rings. The van der Waals surface area contributed by atoms with E-state index in [1.54, 1.807) is 17.6 Å². The Labute approximate surface area is 233 Å². The molecular formula is C28H33N7O4S. The van der Waals surface area contributed by atoms with Crippen LogP contribution in [0.5, 0.6) is 5.75 Å². The van der Waals surface area contributed by atoms with Gasteiger partial charge in [-0.1, -0.05) is 6.07 Å². The van der Waals surface area contributed by atoms with Crippen LogP contribution in [0.4, 0.5) is 0 Å². The molecule has 0 aliphatic carbocycles. The average molecular weight is 564 g/mol. The predicted octanol–water partition coefficient (Wildman–Crippen LogP) is 2.64. The van der Waals surface area contributed by atoms with Gasteiger partial charge in [-0.15, -0.1) is 0 Å². The lowest BCUT2D eigenvalue weighted by Gasteiger charge is -2.36. The minimum absolute atomic E-state index is 0.310. The number of nitrogens with one attached hydrogen (secondary N) is 1. The molecule has 0 saturated carbocycles. The lowest BCUT2D eigenvalue weighted by molar-refractivity contribution is 0.0961. The molecule has 40 heavy (non-hydrogen) atoms. The van der Waals surface area contributed by atoms with E-state index in [9.17, 15) is 8.42 Å². The van der Waals surface area contributed by atoms with Crippen molar-refractivity contribution in [1.82, 2.24) is 34.1 Å². The predicted molar refractivity (Wildman–Crippen MR) is 150 cm³/mol. The van der Waals surface area contributed by atoms with Gasteiger partial charge in [0.25, 0.3) is 0 Å². The Morgan fingerprint density at radius 3 is 2.70 bits per heavy atom. The zero-order valence-corrected chi connectivity index (χ0v) is 23.3. The number of H-pyrrole nitrogens is 1. The van der Waals surface area contributed by atoms with Crippen molar-refractivity contribution >= 4 is 21.1 Å². The minimum Gasteiger partial charge on any atom is -0.493 e. The molecule has 1 aromatic carbocycles. The van der Waals surface area contributed by atoms with Gasteiger partial charge in [0.15, 0.2) is 5.75 Å². The Morgan fingerprint density at radius 2 is 1.90 bits per heavy atom. The third kappa shape index (κ3) is 5.71. The van der Waals surface area contributed by atoms with Crippen molar-refractivity contribution in [3.63, 3.8) is 0 Å². The summed E-state index contributed by atoms with van der Waals surface area (Å²) >= 11 is 0. The maximum Gasteiger partial charge on any atom is 0.217 e. The Morgan fingerprint density at radius 1 is 1.07 bits per heavy atom. The first-order valence-electron chi connectivity index (χ1n) is 13.6. The summed E-state index contributed by atoms with van der Waals surface area (Å²) < 4.78 is 38.5. The average Bonchev–Trinajstić information content (AvgIpc) is 3.39. The van der Waals surface area contributed by atoms with Gasteiger partial charge in [0, 0.05) is 69.8 Å². The van der Waals surface area contributed by atoms with Crippen LogP contribution in [0.1, 0.15) is 29.9 Å². The molecular weight excluding hydrogens is 530 g/mol. The maximum absolute atomic E-state index is 13.0. The van der Waals surface area contributed by atoms with Crippen LogP contribution < -0.4 is 4.74 Å². The zero-order valence-electron chi connectivity index (χ0n) is 22.5. The number of rotatable bonds is 8. The van der Waals surface area contributed by atoms with Crippen molar-refractivity contribution in [2.75, 3.05) is 46.5 Å². The second-order valence-electron chi connectivity index (χ2n) is 10.2. The molecule has 0 spiro atoms. The van der Waals surface area contributed by atoms with Crippen molar-refractivity contribution < 1.29 is 17.9 Å². The lowest BCUT2D eigenvalue weighted by atomic mass is 10.1. The molecule has 0 bridgehead atoms. The molecule has 2 aliphatic heterocycles. The van der Waals surface area contributed by atoms with E-state index in [-0.39, 0.29) is 5.25 Å². The van der Waals surface area contributed by atoms with E-state index in [1.807, 2.05) is 30.5 Å². The van der Waals surface area contributed by atoms with Crippen LogP contribution in [-0.4, -0.2) is 94.3 Å². The Bertz CT molecular complexity index is 1580. The standard InChI is InChI=1S/C28H33N7O4S/c1-38-26-17-29-19-31-28(26)21-2-3-24-25(15-21)33-27(32-24)16-22-14-20(4-7-30-22)18-34-8-10-35(11-9-34)40(36,37)23-5-12-39-13-6-23/h2-4,7,14-15,17,19,23H,5-6,8-13,16,18H2,1H3,(H,32,33). The fraction of sp³-hybridized carbons (Fsp3) is 0.429. The Hall–Kier alpha value is -3.45. The van der Waals surface area contributed by atoms with Crippen molar-refractivity contribution in [2.45, 2.75) is 31.1 Å². The number of fused-ring (bicyclic) bond motifs is 1. The summed E-state index contributed by atoms with van der Waals surface area (Å²) in [5.41, 5.74) is 5.51. The van der Waals surface area contributed by atoms with E-state index in [1.165, 1.54) is 6.33 Å². The number of nitrogens with zero attached hydrogens (tertiary/aromatic N) is 6. The van der Waals surface area contributed by atoms with Crippen LogP contribution in [0.3, 0.4) is 0 Å². The highest BCUT2D eigenvalue weighted by Crippen LogP contribution is 2.29. The smallest absolute Gasteiger partial charge is 0.217 e. The number of ether oxygens (including phenoxy) is 2. The number of benzene rings is 1. The Balaban J connectivity index is 1.09. The number of methoxy groups -OCH3 is 1. The number of imidazole rings is 1. The molecule has 5 heterocycles. The van der Waals surface area contributed by atoms with E-state index in [2.05, 4.69) is 30.9 Å². The summed E-state index contributed by atoms with van der Waals surface area (Å²) in [6, 6.07) is 10.1. The van der Waals surface area contributed by atoms with Gasteiger partial charge >= 0.3 is 0 Å².